The molecule has 0 aliphatic rings. The van der Waals surface area contributed by atoms with Gasteiger partial charge >= 0.3 is 5.97 Å². The molecule has 0 unspecified atom stereocenters. The summed E-state index contributed by atoms with van der Waals surface area (Å²) in [6.07, 6.45) is 1.51. The summed E-state index contributed by atoms with van der Waals surface area (Å²) in [4.78, 5) is 31.3. The first-order chi connectivity index (χ1) is 11.3. The van der Waals surface area contributed by atoms with E-state index in [-0.39, 0.29) is 16.3 Å². The SMILES string of the molecule is O=C/C(Cl)=C(/Cl)C(=O)O.O=c1c(Cl)c(Cl)cnn1-c1ccccc1. The Morgan fingerprint density at radius 2 is 1.75 bits per heavy atom. The number of allylic oxidation sites excluding steroid dienone is 1. The fourth-order valence-electron chi connectivity index (χ4n) is 1.32. The largest absolute Gasteiger partial charge is 0.477 e. The molecule has 1 heterocycles. The first-order valence-corrected chi connectivity index (χ1v) is 7.53. The molecular formula is C14H8Cl4N2O4. The standard InChI is InChI=1S/C10H6Cl2N2O.C4H2Cl2O3/c11-8-6-13-14(10(15)9(8)12)7-4-2-1-3-5-7;5-2(1-7)3(6)4(8)9/h1-6H;1H,(H,8,9)/b;3-2-. The zero-order valence-corrected chi connectivity index (χ0v) is 14.6. The predicted octanol–water partition coefficient (Wildman–Crippen LogP) is 3.50. The fourth-order valence-corrected chi connectivity index (χ4v) is 1.70. The highest BCUT2D eigenvalue weighted by atomic mass is 35.5. The molecule has 10 heteroatoms. The van der Waals surface area contributed by atoms with Crippen molar-refractivity contribution in [3.05, 3.63) is 67.0 Å². The minimum atomic E-state index is -1.41. The van der Waals surface area contributed by atoms with Crippen LogP contribution in [0.4, 0.5) is 0 Å². The molecule has 2 rings (SSSR count). The van der Waals surface area contributed by atoms with Crippen LogP contribution in [0.5, 0.6) is 0 Å². The topological polar surface area (TPSA) is 89.3 Å². The number of carboxylic acids is 1. The lowest BCUT2D eigenvalue weighted by Crippen LogP contribution is -2.21. The van der Waals surface area contributed by atoms with E-state index in [1.807, 2.05) is 18.2 Å². The van der Waals surface area contributed by atoms with Gasteiger partial charge in [-0.25, -0.2) is 4.79 Å². The van der Waals surface area contributed by atoms with Crippen LogP contribution in [0.15, 0.2) is 51.4 Å². The van der Waals surface area contributed by atoms with Gasteiger partial charge in [-0.3, -0.25) is 9.59 Å². The van der Waals surface area contributed by atoms with Gasteiger partial charge < -0.3 is 5.11 Å². The third-order valence-corrected chi connectivity index (χ3v) is 3.87. The number of rotatable bonds is 3. The molecule has 0 spiro atoms. The molecule has 0 atom stereocenters. The van der Waals surface area contributed by atoms with Crippen molar-refractivity contribution in [1.82, 2.24) is 9.78 Å². The molecule has 0 bridgehead atoms. The van der Waals surface area contributed by atoms with Gasteiger partial charge in [0.2, 0.25) is 0 Å². The van der Waals surface area contributed by atoms with Crippen molar-refractivity contribution < 1.29 is 14.7 Å². The molecule has 2 aromatic rings. The lowest BCUT2D eigenvalue weighted by Gasteiger charge is -2.04. The first-order valence-electron chi connectivity index (χ1n) is 6.02. The highest BCUT2D eigenvalue weighted by Crippen LogP contribution is 2.15. The first kappa shape index (κ1) is 20.2. The molecule has 0 fully saturated rings. The normalized spacial score (nSPS) is 11.0. The summed E-state index contributed by atoms with van der Waals surface area (Å²) in [5.41, 5.74) is 0.233. The van der Waals surface area contributed by atoms with Crippen LogP contribution < -0.4 is 5.56 Å². The molecule has 0 saturated heterocycles. The van der Waals surface area contributed by atoms with E-state index in [4.69, 9.17) is 51.5 Å². The maximum absolute atomic E-state index is 11.7. The van der Waals surface area contributed by atoms with Crippen LogP contribution in [-0.2, 0) is 9.59 Å². The smallest absolute Gasteiger partial charge is 0.348 e. The number of benzene rings is 1. The van der Waals surface area contributed by atoms with Crippen molar-refractivity contribution in [1.29, 1.82) is 0 Å². The Kier molecular flexibility index (Phi) is 7.94. The lowest BCUT2D eigenvalue weighted by molar-refractivity contribution is -0.132. The van der Waals surface area contributed by atoms with E-state index in [0.29, 0.717) is 5.69 Å². The van der Waals surface area contributed by atoms with E-state index in [2.05, 4.69) is 5.10 Å². The average Bonchev–Trinajstić information content (AvgIpc) is 2.59. The number of carbonyl (C=O) groups excluding carboxylic acids is 1. The number of hydrogen-bond acceptors (Lipinski definition) is 4. The Balaban J connectivity index is 0.000000277. The van der Waals surface area contributed by atoms with Gasteiger partial charge in [0, 0.05) is 0 Å². The summed E-state index contributed by atoms with van der Waals surface area (Å²) in [5.74, 6) is -1.41. The highest BCUT2D eigenvalue weighted by Gasteiger charge is 2.08. The molecule has 0 saturated carbocycles. The van der Waals surface area contributed by atoms with Gasteiger partial charge in [-0.1, -0.05) is 64.6 Å². The summed E-state index contributed by atoms with van der Waals surface area (Å²) < 4.78 is 1.20. The summed E-state index contributed by atoms with van der Waals surface area (Å²) in [7, 11) is 0. The van der Waals surface area contributed by atoms with Gasteiger partial charge in [0.1, 0.15) is 15.1 Å². The fraction of sp³-hybridized carbons (Fsp3) is 0. The van der Waals surface area contributed by atoms with E-state index < -0.39 is 21.6 Å². The van der Waals surface area contributed by atoms with Crippen molar-refractivity contribution in [2.75, 3.05) is 0 Å². The van der Waals surface area contributed by atoms with Crippen LogP contribution in [0.1, 0.15) is 0 Å². The molecule has 1 N–H and O–H groups in total. The third kappa shape index (κ3) is 5.35. The Labute approximate surface area is 155 Å². The number of carboxylic acid groups (broad SMARTS) is 1. The lowest BCUT2D eigenvalue weighted by atomic mass is 10.3. The number of aromatic nitrogens is 2. The van der Waals surface area contributed by atoms with Gasteiger partial charge in [-0.05, 0) is 12.1 Å². The van der Waals surface area contributed by atoms with Gasteiger partial charge in [-0.15, -0.1) is 0 Å². The van der Waals surface area contributed by atoms with E-state index in [9.17, 15) is 14.4 Å². The quantitative estimate of drug-likeness (QED) is 0.618. The van der Waals surface area contributed by atoms with Crippen molar-refractivity contribution >= 4 is 58.7 Å². The zero-order valence-electron chi connectivity index (χ0n) is 11.6. The van der Waals surface area contributed by atoms with Gasteiger partial charge in [0.05, 0.1) is 16.9 Å². The van der Waals surface area contributed by atoms with Crippen LogP contribution in [0, 0.1) is 0 Å². The van der Waals surface area contributed by atoms with Crippen molar-refractivity contribution in [3.8, 4) is 5.69 Å². The molecule has 24 heavy (non-hydrogen) atoms. The number of aliphatic carboxylic acids is 1. The van der Waals surface area contributed by atoms with E-state index in [0.717, 1.165) is 0 Å². The molecule has 126 valence electrons. The third-order valence-electron chi connectivity index (χ3n) is 2.38. The van der Waals surface area contributed by atoms with E-state index in [1.54, 1.807) is 12.1 Å². The monoisotopic (exact) mass is 408 g/mol. The predicted molar refractivity (Wildman–Crippen MR) is 92.3 cm³/mol. The molecule has 0 aliphatic heterocycles. The summed E-state index contributed by atoms with van der Waals surface area (Å²) >= 11 is 21.4. The molecule has 0 radical (unpaired) electrons. The van der Waals surface area contributed by atoms with Crippen molar-refractivity contribution in [2.24, 2.45) is 0 Å². The van der Waals surface area contributed by atoms with Crippen LogP contribution in [0.3, 0.4) is 0 Å². The van der Waals surface area contributed by atoms with Gasteiger partial charge in [0.25, 0.3) is 5.56 Å². The Bertz CT molecular complexity index is 834. The Morgan fingerprint density at radius 1 is 1.17 bits per heavy atom. The van der Waals surface area contributed by atoms with Crippen molar-refractivity contribution in [2.45, 2.75) is 0 Å². The second kappa shape index (κ2) is 9.44. The number of carbonyl (C=O) groups is 2. The number of halogens is 4. The number of nitrogens with zero attached hydrogens (tertiary/aromatic N) is 2. The highest BCUT2D eigenvalue weighted by molar-refractivity contribution is 6.51. The minimum Gasteiger partial charge on any atom is -0.477 e. The number of para-hydroxylation sites is 1. The molecule has 1 aromatic heterocycles. The van der Waals surface area contributed by atoms with Gasteiger partial charge in [-0.2, -0.15) is 9.78 Å². The maximum atomic E-state index is 11.7. The second-order valence-corrected chi connectivity index (χ2v) is 5.51. The van der Waals surface area contributed by atoms with E-state index >= 15 is 0 Å². The van der Waals surface area contributed by atoms with Gasteiger partial charge in [0.15, 0.2) is 6.29 Å². The van der Waals surface area contributed by atoms with Crippen LogP contribution in [0.2, 0.25) is 10.0 Å². The molecule has 0 aliphatic carbocycles. The number of hydrogen-bond donors (Lipinski definition) is 1. The summed E-state index contributed by atoms with van der Waals surface area (Å²) in [6, 6.07) is 9.00. The molecular weight excluding hydrogens is 402 g/mol. The second-order valence-electron chi connectivity index (χ2n) is 3.94. The number of aldehydes is 1. The van der Waals surface area contributed by atoms with Crippen molar-refractivity contribution in [3.63, 3.8) is 0 Å². The van der Waals surface area contributed by atoms with Crippen LogP contribution in [-0.4, -0.2) is 27.1 Å². The van der Waals surface area contributed by atoms with Crippen LogP contribution in [0.25, 0.3) is 5.69 Å². The van der Waals surface area contributed by atoms with Crippen LogP contribution >= 0.6 is 46.4 Å². The Hall–Kier alpha value is -1.86. The Morgan fingerprint density at radius 3 is 2.21 bits per heavy atom. The maximum Gasteiger partial charge on any atom is 0.348 e. The summed E-state index contributed by atoms with van der Waals surface area (Å²) in [6.45, 7) is 0. The average molecular weight is 410 g/mol. The molecule has 6 nitrogen and oxygen atoms in total. The molecule has 1 aromatic carbocycles. The minimum absolute atomic E-state index is 0.0180. The zero-order chi connectivity index (χ0) is 18.3. The molecule has 0 amide bonds. The summed E-state index contributed by atoms with van der Waals surface area (Å²) in [5, 5.41) is 10.9. The van der Waals surface area contributed by atoms with E-state index in [1.165, 1.54) is 10.9 Å².